The largest absolute Gasteiger partial charge is 0.370 e. The van der Waals surface area contributed by atoms with Crippen molar-refractivity contribution in [2.75, 3.05) is 19.6 Å². The summed E-state index contributed by atoms with van der Waals surface area (Å²) in [5, 5.41) is 17.4. The number of H-pyrrole nitrogens is 1. The molecule has 1 saturated carbocycles. The topological polar surface area (TPSA) is 272 Å². The standard InChI is InChI=1S/C41H54N10O7/c1-24(52)48-33(20-25-10-3-2-4-11-25)39(57)50-31-16-8-18-44-38(56)32(17-9-19-45-41(42)43)51-40(58)34(21-26-22-46-30-15-6-5-12-27(26)30)49-35(53)23-47-37(55)29-14-7-13-28(29)36(31)54/h2-6,10-12,15,22,28-29,31-34,46H,7-9,13-14,16-21,23H2,1H3,(H,44,56)(H,47,55)(H,48,52)(H,49,53)(H,50,57)(H,51,58)(H4,42,43,45)/t28?,29?,31-,32?,33-,34?/m0/s1. The smallest absolute Gasteiger partial charge is 0.243 e. The van der Waals surface area contributed by atoms with E-state index in [0.717, 1.165) is 22.0 Å². The lowest BCUT2D eigenvalue weighted by molar-refractivity contribution is -0.136. The Kier molecular flexibility index (Phi) is 15.4. The number of nitrogens with one attached hydrogen (secondary N) is 7. The number of guanidine groups is 1. The highest BCUT2D eigenvalue weighted by molar-refractivity contribution is 5.98. The number of nitrogens with two attached hydrogens (primary N) is 2. The number of fused-ring (bicyclic) bond motifs is 2. The van der Waals surface area contributed by atoms with Gasteiger partial charge in [0.1, 0.15) is 18.1 Å². The maximum atomic E-state index is 14.3. The minimum atomic E-state index is -1.12. The molecule has 2 heterocycles. The van der Waals surface area contributed by atoms with Crippen molar-refractivity contribution in [2.45, 2.75) is 88.9 Å². The average Bonchev–Trinajstić information content (AvgIpc) is 3.86. The molecule has 58 heavy (non-hydrogen) atoms. The van der Waals surface area contributed by atoms with Gasteiger partial charge in [0, 0.05) is 61.8 Å². The second-order valence-corrected chi connectivity index (χ2v) is 14.9. The Bertz CT molecular complexity index is 1980. The van der Waals surface area contributed by atoms with E-state index in [2.05, 4.69) is 41.9 Å². The summed E-state index contributed by atoms with van der Waals surface area (Å²) in [6.45, 7) is 1.13. The summed E-state index contributed by atoms with van der Waals surface area (Å²) in [6.07, 6.45) is 4.27. The van der Waals surface area contributed by atoms with Crippen molar-refractivity contribution < 1.29 is 33.6 Å². The number of hydrogen-bond donors (Lipinski definition) is 9. The van der Waals surface area contributed by atoms with Crippen LogP contribution in [0.5, 0.6) is 0 Å². The Balaban J connectivity index is 1.38. The number of aromatic nitrogens is 1. The molecule has 11 N–H and O–H groups in total. The first-order chi connectivity index (χ1) is 27.9. The summed E-state index contributed by atoms with van der Waals surface area (Å²) in [5.41, 5.74) is 13.4. The van der Waals surface area contributed by atoms with E-state index in [0.29, 0.717) is 25.7 Å². The predicted octanol–water partition coefficient (Wildman–Crippen LogP) is -0.0226. The van der Waals surface area contributed by atoms with Crippen LogP contribution in [0.3, 0.4) is 0 Å². The van der Waals surface area contributed by atoms with Gasteiger partial charge in [-0.05, 0) is 55.7 Å². The zero-order valence-electron chi connectivity index (χ0n) is 32.7. The Morgan fingerprint density at radius 3 is 2.34 bits per heavy atom. The van der Waals surface area contributed by atoms with E-state index in [1.165, 1.54) is 6.92 Å². The second kappa shape index (κ2) is 20.8. The highest BCUT2D eigenvalue weighted by Crippen LogP contribution is 2.34. The van der Waals surface area contributed by atoms with Gasteiger partial charge in [0.05, 0.1) is 12.6 Å². The molecule has 2 fully saturated rings. The first-order valence-corrected chi connectivity index (χ1v) is 19.8. The molecule has 1 aliphatic carbocycles. The van der Waals surface area contributed by atoms with Crippen LogP contribution >= 0.6 is 0 Å². The van der Waals surface area contributed by atoms with Crippen LogP contribution in [0.15, 0.2) is 65.8 Å². The summed E-state index contributed by atoms with van der Waals surface area (Å²) in [4.78, 5) is 102. The number of ketones is 1. The fourth-order valence-electron chi connectivity index (χ4n) is 7.69. The molecule has 0 radical (unpaired) electrons. The first kappa shape index (κ1) is 42.9. The number of rotatable bonds is 11. The lowest BCUT2D eigenvalue weighted by Crippen LogP contribution is -2.56. The van der Waals surface area contributed by atoms with Crippen molar-refractivity contribution in [3.63, 3.8) is 0 Å². The second-order valence-electron chi connectivity index (χ2n) is 14.9. The Hall–Kier alpha value is -6.26. The number of nitrogens with zero attached hydrogens (tertiary/aromatic N) is 1. The number of benzene rings is 2. The number of aromatic amines is 1. The van der Waals surface area contributed by atoms with Crippen molar-refractivity contribution in [1.29, 1.82) is 0 Å². The third kappa shape index (κ3) is 12.1. The first-order valence-electron chi connectivity index (χ1n) is 19.8. The van der Waals surface area contributed by atoms with Crippen LogP contribution in [-0.2, 0) is 46.4 Å². The normalized spacial score (nSPS) is 22.8. The number of carbonyl (C=O) groups excluding carboxylic acids is 7. The van der Waals surface area contributed by atoms with E-state index in [1.807, 2.05) is 54.6 Å². The predicted molar refractivity (Wildman–Crippen MR) is 217 cm³/mol. The lowest BCUT2D eigenvalue weighted by atomic mass is 9.86. The van der Waals surface area contributed by atoms with E-state index >= 15 is 0 Å². The molecule has 0 spiro atoms. The van der Waals surface area contributed by atoms with Gasteiger partial charge < -0.3 is 48.4 Å². The van der Waals surface area contributed by atoms with Crippen molar-refractivity contribution in [2.24, 2.45) is 28.3 Å². The number of carbonyl (C=O) groups is 7. The molecule has 6 atom stereocenters. The molecule has 1 aliphatic heterocycles. The summed E-state index contributed by atoms with van der Waals surface area (Å²) < 4.78 is 0. The molecule has 6 amide bonds. The van der Waals surface area contributed by atoms with Gasteiger partial charge in [-0.15, -0.1) is 0 Å². The SMILES string of the molecule is CC(=O)N[C@@H](Cc1ccccc1)C(=O)N[C@H]1CCCNC(=O)C(CCCN=C(N)N)NC(=O)C(Cc2c[nH]c3ccccc23)NC(=O)CNC(=O)C2CCCC2C1=O. The summed E-state index contributed by atoms with van der Waals surface area (Å²) in [6, 6.07) is 12.5. The van der Waals surface area contributed by atoms with E-state index in [-0.39, 0.29) is 56.9 Å². The maximum Gasteiger partial charge on any atom is 0.243 e. The fourth-order valence-corrected chi connectivity index (χ4v) is 7.69. The van der Waals surface area contributed by atoms with Crippen LogP contribution in [-0.4, -0.2) is 96.0 Å². The quantitative estimate of drug-likeness (QED) is 0.0716. The van der Waals surface area contributed by atoms with E-state index in [4.69, 9.17) is 11.5 Å². The van der Waals surface area contributed by atoms with Gasteiger partial charge in [-0.25, -0.2) is 0 Å². The van der Waals surface area contributed by atoms with E-state index in [1.54, 1.807) is 6.20 Å². The molecular weight excluding hydrogens is 745 g/mol. The van der Waals surface area contributed by atoms with Gasteiger partial charge in [-0.1, -0.05) is 55.0 Å². The Morgan fingerprint density at radius 2 is 1.59 bits per heavy atom. The fraction of sp³-hybridized carbons (Fsp3) is 0.463. The minimum Gasteiger partial charge on any atom is -0.370 e. The van der Waals surface area contributed by atoms with Gasteiger partial charge in [0.15, 0.2) is 11.7 Å². The minimum absolute atomic E-state index is 0.0817. The average molecular weight is 799 g/mol. The number of para-hydroxylation sites is 1. The highest BCUT2D eigenvalue weighted by Gasteiger charge is 2.41. The molecule has 17 heteroatoms. The number of Topliss-reactive ketones (excluding diaryl/α,β-unsaturated/α-hetero) is 1. The molecule has 5 rings (SSSR count). The number of aliphatic imine (C=N–C) groups is 1. The molecule has 3 aromatic rings. The number of hydrogen-bond acceptors (Lipinski definition) is 8. The molecule has 2 aromatic carbocycles. The van der Waals surface area contributed by atoms with Crippen LogP contribution in [0.1, 0.15) is 63.0 Å². The van der Waals surface area contributed by atoms with Gasteiger partial charge in [0.25, 0.3) is 0 Å². The molecule has 1 aromatic heterocycles. The molecule has 1 saturated heterocycles. The van der Waals surface area contributed by atoms with Gasteiger partial charge in [-0.2, -0.15) is 0 Å². The van der Waals surface area contributed by atoms with E-state index < -0.39 is 78.0 Å². The summed E-state index contributed by atoms with van der Waals surface area (Å²) >= 11 is 0. The molecule has 4 unspecified atom stereocenters. The number of amides is 6. The maximum absolute atomic E-state index is 14.3. The van der Waals surface area contributed by atoms with Crippen molar-refractivity contribution in [1.82, 2.24) is 36.9 Å². The van der Waals surface area contributed by atoms with Crippen molar-refractivity contribution in [3.8, 4) is 0 Å². The third-order valence-electron chi connectivity index (χ3n) is 10.6. The van der Waals surface area contributed by atoms with Crippen LogP contribution < -0.4 is 43.4 Å². The monoisotopic (exact) mass is 798 g/mol. The summed E-state index contributed by atoms with van der Waals surface area (Å²) in [7, 11) is 0. The zero-order chi connectivity index (χ0) is 41.6. The third-order valence-corrected chi connectivity index (χ3v) is 10.6. The van der Waals surface area contributed by atoms with E-state index in [9.17, 15) is 33.6 Å². The van der Waals surface area contributed by atoms with Crippen LogP contribution in [0, 0.1) is 11.8 Å². The molecule has 310 valence electrons. The van der Waals surface area contributed by atoms with Crippen LogP contribution in [0.25, 0.3) is 10.9 Å². The highest BCUT2D eigenvalue weighted by atomic mass is 16.2. The molecule has 0 bridgehead atoms. The molecular formula is C41H54N10O7. The Labute approximate surface area is 336 Å². The van der Waals surface area contributed by atoms with Gasteiger partial charge in [-0.3, -0.25) is 38.6 Å². The van der Waals surface area contributed by atoms with Crippen LogP contribution in [0.2, 0.25) is 0 Å². The zero-order valence-corrected chi connectivity index (χ0v) is 32.7. The van der Waals surface area contributed by atoms with Crippen LogP contribution in [0.4, 0.5) is 0 Å². The van der Waals surface area contributed by atoms with Crippen molar-refractivity contribution >= 4 is 58.1 Å². The summed E-state index contributed by atoms with van der Waals surface area (Å²) in [5.74, 6) is -5.17. The molecule has 17 nitrogen and oxygen atoms in total. The van der Waals surface area contributed by atoms with Gasteiger partial charge in [0.2, 0.25) is 35.4 Å². The van der Waals surface area contributed by atoms with Gasteiger partial charge >= 0.3 is 0 Å². The lowest BCUT2D eigenvalue weighted by Gasteiger charge is -2.27. The molecule has 2 aliphatic rings. The van der Waals surface area contributed by atoms with Crippen molar-refractivity contribution in [3.05, 3.63) is 71.9 Å². The Morgan fingerprint density at radius 1 is 0.845 bits per heavy atom.